The Kier molecular flexibility index (Phi) is 4.69. The second-order valence-corrected chi connectivity index (χ2v) is 4.00. The minimum Gasteiger partial charge on any atom is -0.369 e. The zero-order valence-electron chi connectivity index (χ0n) is 10.1. The van der Waals surface area contributed by atoms with Crippen molar-refractivity contribution in [3.8, 4) is 0 Å². The van der Waals surface area contributed by atoms with Crippen molar-refractivity contribution in [2.45, 2.75) is 26.3 Å². The van der Waals surface area contributed by atoms with Crippen molar-refractivity contribution < 1.29 is 9.59 Å². The van der Waals surface area contributed by atoms with Gasteiger partial charge in [0.1, 0.15) is 5.92 Å². The van der Waals surface area contributed by atoms with E-state index in [4.69, 9.17) is 5.73 Å². The normalized spacial score (nSPS) is 13.8. The van der Waals surface area contributed by atoms with E-state index in [2.05, 4.69) is 5.32 Å². The second-order valence-electron chi connectivity index (χ2n) is 4.00. The Bertz CT molecular complexity index is 390. The molecule has 3 N–H and O–H groups in total. The molecule has 0 fully saturated rings. The van der Waals surface area contributed by atoms with E-state index < -0.39 is 11.8 Å². The molecule has 0 aliphatic rings. The maximum Gasteiger partial charge on any atom is 0.232 e. The Balaban J connectivity index is 2.71. The SMILES string of the molecule is CC[C@H](NC(=O)C(C)C(N)=O)c1ccccc1. The number of amides is 2. The summed E-state index contributed by atoms with van der Waals surface area (Å²) in [5.74, 6) is -1.73. The highest BCUT2D eigenvalue weighted by Crippen LogP contribution is 2.16. The molecule has 0 bridgehead atoms. The van der Waals surface area contributed by atoms with E-state index in [0.29, 0.717) is 0 Å². The van der Waals surface area contributed by atoms with Crippen molar-refractivity contribution in [3.63, 3.8) is 0 Å². The lowest BCUT2D eigenvalue weighted by Crippen LogP contribution is -2.38. The number of benzene rings is 1. The molecule has 1 rings (SSSR count). The Hall–Kier alpha value is -1.84. The molecule has 17 heavy (non-hydrogen) atoms. The first-order valence-electron chi connectivity index (χ1n) is 5.71. The van der Waals surface area contributed by atoms with Crippen LogP contribution in [0, 0.1) is 5.92 Å². The van der Waals surface area contributed by atoms with Crippen LogP contribution in [0.4, 0.5) is 0 Å². The van der Waals surface area contributed by atoms with Gasteiger partial charge >= 0.3 is 0 Å². The average Bonchev–Trinajstić information content (AvgIpc) is 2.35. The van der Waals surface area contributed by atoms with Crippen molar-refractivity contribution in [1.29, 1.82) is 0 Å². The van der Waals surface area contributed by atoms with Crippen molar-refractivity contribution in [1.82, 2.24) is 5.32 Å². The summed E-state index contributed by atoms with van der Waals surface area (Å²) >= 11 is 0. The number of nitrogens with one attached hydrogen (secondary N) is 1. The van der Waals surface area contributed by atoms with E-state index in [1.54, 1.807) is 0 Å². The van der Waals surface area contributed by atoms with Crippen LogP contribution in [0.25, 0.3) is 0 Å². The van der Waals surface area contributed by atoms with Crippen LogP contribution in [0.3, 0.4) is 0 Å². The topological polar surface area (TPSA) is 72.2 Å². The molecule has 2 amide bonds. The summed E-state index contributed by atoms with van der Waals surface area (Å²) < 4.78 is 0. The second kappa shape index (κ2) is 6.03. The molecule has 92 valence electrons. The van der Waals surface area contributed by atoms with E-state index in [1.165, 1.54) is 6.92 Å². The number of hydrogen-bond acceptors (Lipinski definition) is 2. The van der Waals surface area contributed by atoms with Crippen molar-refractivity contribution >= 4 is 11.8 Å². The molecular weight excluding hydrogens is 216 g/mol. The molecule has 2 atom stereocenters. The van der Waals surface area contributed by atoms with Crippen LogP contribution in [0.5, 0.6) is 0 Å². The van der Waals surface area contributed by atoms with Crippen molar-refractivity contribution in [3.05, 3.63) is 35.9 Å². The lowest BCUT2D eigenvalue weighted by molar-refractivity contribution is -0.133. The summed E-state index contributed by atoms with van der Waals surface area (Å²) in [6.07, 6.45) is 0.765. The van der Waals surface area contributed by atoms with Gasteiger partial charge in [-0.1, -0.05) is 37.3 Å². The zero-order valence-corrected chi connectivity index (χ0v) is 10.1. The number of rotatable bonds is 5. The largest absolute Gasteiger partial charge is 0.369 e. The number of primary amides is 1. The van der Waals surface area contributed by atoms with Crippen LogP contribution in [0.2, 0.25) is 0 Å². The average molecular weight is 234 g/mol. The highest BCUT2D eigenvalue weighted by atomic mass is 16.2. The first-order chi connectivity index (χ1) is 8.06. The third kappa shape index (κ3) is 3.59. The molecule has 0 heterocycles. The molecule has 0 aliphatic heterocycles. The fourth-order valence-corrected chi connectivity index (χ4v) is 1.53. The molecule has 1 aromatic rings. The van der Waals surface area contributed by atoms with Gasteiger partial charge in [0.2, 0.25) is 11.8 Å². The quantitative estimate of drug-likeness (QED) is 0.755. The third-order valence-corrected chi connectivity index (χ3v) is 2.75. The van der Waals surface area contributed by atoms with E-state index in [-0.39, 0.29) is 11.9 Å². The molecule has 4 heteroatoms. The molecule has 0 spiro atoms. The maximum absolute atomic E-state index is 11.7. The van der Waals surface area contributed by atoms with Crippen LogP contribution in [0.15, 0.2) is 30.3 Å². The van der Waals surface area contributed by atoms with E-state index in [9.17, 15) is 9.59 Å². The van der Waals surface area contributed by atoms with Gasteiger partial charge in [0.05, 0.1) is 6.04 Å². The molecule has 0 radical (unpaired) electrons. The summed E-state index contributed by atoms with van der Waals surface area (Å²) in [6.45, 7) is 3.49. The van der Waals surface area contributed by atoms with Crippen molar-refractivity contribution in [2.75, 3.05) is 0 Å². The van der Waals surface area contributed by atoms with Crippen LogP contribution in [-0.4, -0.2) is 11.8 Å². The van der Waals surface area contributed by atoms with Gasteiger partial charge in [-0.2, -0.15) is 0 Å². The van der Waals surface area contributed by atoms with Gasteiger partial charge < -0.3 is 11.1 Å². The molecule has 0 aromatic heterocycles. The summed E-state index contributed by atoms with van der Waals surface area (Å²) in [4.78, 5) is 22.6. The fourth-order valence-electron chi connectivity index (χ4n) is 1.53. The van der Waals surface area contributed by atoms with E-state index in [0.717, 1.165) is 12.0 Å². The van der Waals surface area contributed by atoms with Gasteiger partial charge in [-0.3, -0.25) is 9.59 Å². The van der Waals surface area contributed by atoms with Gasteiger partial charge in [-0.05, 0) is 18.9 Å². The van der Waals surface area contributed by atoms with Gasteiger partial charge in [-0.25, -0.2) is 0 Å². The molecule has 1 unspecified atom stereocenters. The standard InChI is InChI=1S/C13H18N2O2/c1-3-11(10-7-5-4-6-8-10)15-13(17)9(2)12(14)16/h4-9,11H,3H2,1-2H3,(H2,14,16)(H,15,17)/t9?,11-/m0/s1. The zero-order chi connectivity index (χ0) is 12.8. The van der Waals surface area contributed by atoms with Crippen LogP contribution < -0.4 is 11.1 Å². The predicted molar refractivity (Wildman–Crippen MR) is 66.0 cm³/mol. The van der Waals surface area contributed by atoms with Gasteiger partial charge in [0.15, 0.2) is 0 Å². The van der Waals surface area contributed by atoms with Gasteiger partial charge in [0.25, 0.3) is 0 Å². The summed E-state index contributed by atoms with van der Waals surface area (Å²) in [7, 11) is 0. The van der Waals surface area contributed by atoms with E-state index in [1.807, 2.05) is 37.3 Å². The summed E-state index contributed by atoms with van der Waals surface area (Å²) in [5.41, 5.74) is 6.12. The monoisotopic (exact) mass is 234 g/mol. The van der Waals surface area contributed by atoms with Gasteiger partial charge in [0, 0.05) is 0 Å². The fraction of sp³-hybridized carbons (Fsp3) is 0.385. The molecule has 0 saturated heterocycles. The van der Waals surface area contributed by atoms with Crippen LogP contribution in [-0.2, 0) is 9.59 Å². The van der Waals surface area contributed by atoms with Gasteiger partial charge in [-0.15, -0.1) is 0 Å². The van der Waals surface area contributed by atoms with Crippen LogP contribution in [0.1, 0.15) is 31.9 Å². The smallest absolute Gasteiger partial charge is 0.232 e. The molecular formula is C13H18N2O2. The lowest BCUT2D eigenvalue weighted by Gasteiger charge is -2.19. The third-order valence-electron chi connectivity index (χ3n) is 2.75. The first-order valence-corrected chi connectivity index (χ1v) is 5.71. The number of carbonyl (C=O) groups is 2. The van der Waals surface area contributed by atoms with E-state index >= 15 is 0 Å². The summed E-state index contributed by atoms with van der Waals surface area (Å²) in [5, 5.41) is 2.82. The molecule has 4 nitrogen and oxygen atoms in total. The number of carbonyl (C=O) groups excluding carboxylic acids is 2. The molecule has 1 aromatic carbocycles. The summed E-state index contributed by atoms with van der Waals surface area (Å²) in [6, 6.07) is 9.57. The highest BCUT2D eigenvalue weighted by Gasteiger charge is 2.21. The Morgan fingerprint density at radius 2 is 1.88 bits per heavy atom. The minimum absolute atomic E-state index is 0.0782. The first kappa shape index (κ1) is 13.2. The maximum atomic E-state index is 11.7. The predicted octanol–water partition coefficient (Wildman–Crippen LogP) is 1.38. The molecule has 0 saturated carbocycles. The van der Waals surface area contributed by atoms with Crippen LogP contribution >= 0.6 is 0 Å². The Morgan fingerprint density at radius 3 is 2.35 bits per heavy atom. The van der Waals surface area contributed by atoms with Crippen molar-refractivity contribution in [2.24, 2.45) is 11.7 Å². The lowest BCUT2D eigenvalue weighted by atomic mass is 10.0. The number of hydrogen-bond donors (Lipinski definition) is 2. The minimum atomic E-state index is -0.798. The Labute approximate surface area is 101 Å². The highest BCUT2D eigenvalue weighted by molar-refractivity contribution is 5.99. The Morgan fingerprint density at radius 1 is 1.29 bits per heavy atom. The molecule has 0 aliphatic carbocycles. The number of nitrogens with two attached hydrogens (primary N) is 1.